The molecule has 1 aromatic heterocycles. The molecular formula is C13H16N2O3S2. The lowest BCUT2D eigenvalue weighted by Crippen LogP contribution is -2.34. The van der Waals surface area contributed by atoms with Crippen LogP contribution in [-0.2, 0) is 16.7 Å². The summed E-state index contributed by atoms with van der Waals surface area (Å²) in [6.07, 6.45) is 0.754. The zero-order chi connectivity index (χ0) is 14.6. The minimum Gasteiger partial charge on any atom is -0.345 e. The van der Waals surface area contributed by atoms with E-state index < -0.39 is 10.3 Å². The maximum absolute atomic E-state index is 12.3. The lowest BCUT2D eigenvalue weighted by molar-refractivity contribution is 0.473. The highest BCUT2D eigenvalue weighted by Gasteiger charge is 2.24. The molecule has 0 bridgehead atoms. The first-order valence-electron chi connectivity index (χ1n) is 6.28. The van der Waals surface area contributed by atoms with Crippen LogP contribution in [0.15, 0.2) is 35.7 Å². The summed E-state index contributed by atoms with van der Waals surface area (Å²) >= 11 is 1.39. The van der Waals surface area contributed by atoms with Gasteiger partial charge in [-0.05, 0) is 25.5 Å². The Hall–Kier alpha value is -1.60. The van der Waals surface area contributed by atoms with Crippen molar-refractivity contribution in [1.29, 1.82) is 0 Å². The predicted molar refractivity (Wildman–Crippen MR) is 80.5 cm³/mol. The lowest BCUT2D eigenvalue weighted by atomic mass is 10.3. The molecule has 0 saturated carbocycles. The van der Waals surface area contributed by atoms with Gasteiger partial charge in [0, 0.05) is 6.54 Å². The van der Waals surface area contributed by atoms with Crippen molar-refractivity contribution in [2.45, 2.75) is 20.3 Å². The Balaban J connectivity index is 2.24. The second kappa shape index (κ2) is 6.23. The highest BCUT2D eigenvalue weighted by Crippen LogP contribution is 2.22. The third kappa shape index (κ3) is 3.29. The second-order valence-electron chi connectivity index (χ2n) is 3.97. The number of benzene rings is 1. The van der Waals surface area contributed by atoms with E-state index in [-0.39, 0.29) is 12.4 Å². The molecule has 0 amide bonds. The summed E-state index contributed by atoms with van der Waals surface area (Å²) in [7, 11) is -3.90. The molecule has 0 N–H and O–H groups in total. The molecule has 2 aromatic rings. The van der Waals surface area contributed by atoms with E-state index in [1.54, 1.807) is 36.6 Å². The van der Waals surface area contributed by atoms with E-state index in [0.717, 1.165) is 11.4 Å². The Bertz CT molecular complexity index is 653. The van der Waals surface area contributed by atoms with Gasteiger partial charge < -0.3 is 4.18 Å². The molecule has 0 aliphatic carbocycles. The van der Waals surface area contributed by atoms with Crippen LogP contribution < -0.4 is 8.49 Å². The van der Waals surface area contributed by atoms with Crippen molar-refractivity contribution in [2.75, 3.05) is 10.8 Å². The SMILES string of the molecule is CCc1nc(OS(=O)(=O)N(CC)c2ccccc2)cs1. The molecule has 1 aromatic carbocycles. The fourth-order valence-corrected chi connectivity index (χ4v) is 3.51. The highest BCUT2D eigenvalue weighted by atomic mass is 32.2. The van der Waals surface area contributed by atoms with Gasteiger partial charge in [-0.15, -0.1) is 11.3 Å². The first kappa shape index (κ1) is 14.8. The minimum absolute atomic E-state index is 0.126. The molecule has 0 aliphatic rings. The normalized spacial score (nSPS) is 11.3. The van der Waals surface area contributed by atoms with Gasteiger partial charge >= 0.3 is 10.3 Å². The molecule has 20 heavy (non-hydrogen) atoms. The van der Waals surface area contributed by atoms with Gasteiger partial charge in [-0.3, -0.25) is 0 Å². The molecule has 108 valence electrons. The van der Waals surface area contributed by atoms with E-state index in [4.69, 9.17) is 4.18 Å². The fraction of sp³-hybridized carbons (Fsp3) is 0.308. The van der Waals surface area contributed by atoms with Gasteiger partial charge in [0.05, 0.1) is 16.1 Å². The van der Waals surface area contributed by atoms with Crippen molar-refractivity contribution in [3.05, 3.63) is 40.7 Å². The predicted octanol–water partition coefficient (Wildman–Crippen LogP) is 2.86. The van der Waals surface area contributed by atoms with Crippen molar-refractivity contribution in [3.8, 4) is 5.88 Å². The average molecular weight is 312 g/mol. The quantitative estimate of drug-likeness (QED) is 0.823. The molecule has 0 saturated heterocycles. The Labute approximate surface area is 123 Å². The number of aryl methyl sites for hydroxylation is 1. The maximum Gasteiger partial charge on any atom is 0.411 e. The monoisotopic (exact) mass is 312 g/mol. The van der Waals surface area contributed by atoms with Gasteiger partial charge in [0.15, 0.2) is 0 Å². The number of hydrogen-bond donors (Lipinski definition) is 0. The van der Waals surface area contributed by atoms with Crippen molar-refractivity contribution in [2.24, 2.45) is 0 Å². The average Bonchev–Trinajstić information content (AvgIpc) is 2.87. The van der Waals surface area contributed by atoms with Crippen LogP contribution in [0.2, 0.25) is 0 Å². The third-order valence-electron chi connectivity index (χ3n) is 2.63. The van der Waals surface area contributed by atoms with Gasteiger partial charge in [-0.25, -0.2) is 9.29 Å². The molecule has 0 fully saturated rings. The topological polar surface area (TPSA) is 59.5 Å². The molecule has 0 aliphatic heterocycles. The molecule has 5 nitrogen and oxygen atoms in total. The number of nitrogens with zero attached hydrogens (tertiary/aromatic N) is 2. The first-order valence-corrected chi connectivity index (χ1v) is 8.53. The molecule has 0 radical (unpaired) electrons. The van der Waals surface area contributed by atoms with E-state index in [1.165, 1.54) is 15.6 Å². The minimum atomic E-state index is -3.90. The van der Waals surface area contributed by atoms with E-state index in [0.29, 0.717) is 5.69 Å². The van der Waals surface area contributed by atoms with E-state index in [9.17, 15) is 8.42 Å². The van der Waals surface area contributed by atoms with Crippen molar-refractivity contribution in [3.63, 3.8) is 0 Å². The van der Waals surface area contributed by atoms with Gasteiger partial charge in [0.25, 0.3) is 0 Å². The Morgan fingerprint density at radius 3 is 2.50 bits per heavy atom. The lowest BCUT2D eigenvalue weighted by Gasteiger charge is -2.21. The number of para-hydroxylation sites is 1. The van der Waals surface area contributed by atoms with Crippen LogP contribution in [0.5, 0.6) is 5.88 Å². The van der Waals surface area contributed by atoms with Crippen LogP contribution in [0, 0.1) is 0 Å². The van der Waals surface area contributed by atoms with Crippen LogP contribution in [0.3, 0.4) is 0 Å². The Kier molecular flexibility index (Phi) is 4.61. The van der Waals surface area contributed by atoms with E-state index >= 15 is 0 Å². The zero-order valence-corrected chi connectivity index (χ0v) is 12.9. The van der Waals surface area contributed by atoms with Crippen LogP contribution in [-0.4, -0.2) is 19.9 Å². The Morgan fingerprint density at radius 1 is 1.25 bits per heavy atom. The maximum atomic E-state index is 12.3. The molecule has 0 spiro atoms. The number of hydrogen-bond acceptors (Lipinski definition) is 5. The van der Waals surface area contributed by atoms with Gasteiger partial charge in [0.2, 0.25) is 5.88 Å². The summed E-state index contributed by atoms with van der Waals surface area (Å²) < 4.78 is 30.9. The fourth-order valence-electron chi connectivity index (χ4n) is 1.71. The highest BCUT2D eigenvalue weighted by molar-refractivity contribution is 7.88. The molecule has 7 heteroatoms. The number of thiazole rings is 1. The largest absolute Gasteiger partial charge is 0.411 e. The molecule has 0 unspecified atom stereocenters. The molecule has 1 heterocycles. The number of anilines is 1. The van der Waals surface area contributed by atoms with Crippen LogP contribution in [0.25, 0.3) is 0 Å². The van der Waals surface area contributed by atoms with Crippen molar-refractivity contribution >= 4 is 27.3 Å². The number of aromatic nitrogens is 1. The van der Waals surface area contributed by atoms with Crippen molar-refractivity contribution in [1.82, 2.24) is 4.98 Å². The number of rotatable bonds is 6. The van der Waals surface area contributed by atoms with Gasteiger partial charge in [-0.1, -0.05) is 25.1 Å². The summed E-state index contributed by atoms with van der Waals surface area (Å²) in [5, 5.41) is 2.45. The summed E-state index contributed by atoms with van der Waals surface area (Å²) in [6, 6.07) is 8.85. The first-order chi connectivity index (χ1) is 9.56. The van der Waals surface area contributed by atoms with E-state index in [2.05, 4.69) is 4.98 Å². The molecule has 0 atom stereocenters. The van der Waals surface area contributed by atoms with E-state index in [1.807, 2.05) is 13.0 Å². The van der Waals surface area contributed by atoms with Gasteiger partial charge in [0.1, 0.15) is 0 Å². The summed E-state index contributed by atoms with van der Waals surface area (Å²) in [4.78, 5) is 4.11. The van der Waals surface area contributed by atoms with Crippen LogP contribution in [0.4, 0.5) is 5.69 Å². The van der Waals surface area contributed by atoms with Crippen LogP contribution in [0.1, 0.15) is 18.9 Å². The second-order valence-corrected chi connectivity index (χ2v) is 6.38. The Morgan fingerprint density at radius 2 is 1.95 bits per heavy atom. The summed E-state index contributed by atoms with van der Waals surface area (Å²) in [6.45, 7) is 4.00. The smallest absolute Gasteiger partial charge is 0.345 e. The molecular weight excluding hydrogens is 296 g/mol. The van der Waals surface area contributed by atoms with Gasteiger partial charge in [-0.2, -0.15) is 8.42 Å². The summed E-state index contributed by atoms with van der Waals surface area (Å²) in [5.74, 6) is 0.126. The standard InChI is InChI=1S/C13H16N2O3S2/c1-3-13-14-12(10-19-13)18-20(16,17)15(4-2)11-8-6-5-7-9-11/h5-10H,3-4H2,1-2H3. The molecule has 2 rings (SSSR count). The summed E-state index contributed by atoms with van der Waals surface area (Å²) in [5.41, 5.74) is 0.570. The van der Waals surface area contributed by atoms with Crippen molar-refractivity contribution < 1.29 is 12.6 Å². The third-order valence-corrected chi connectivity index (χ3v) is 4.99. The zero-order valence-electron chi connectivity index (χ0n) is 11.3. The van der Waals surface area contributed by atoms with Crippen LogP contribution >= 0.6 is 11.3 Å².